The highest BCUT2D eigenvalue weighted by Gasteiger charge is 2.27. The Kier molecular flexibility index (Phi) is 4.79. The van der Waals surface area contributed by atoms with Crippen molar-refractivity contribution in [3.63, 3.8) is 0 Å². The lowest BCUT2D eigenvalue weighted by molar-refractivity contribution is -0.139. The van der Waals surface area contributed by atoms with E-state index in [0.29, 0.717) is 5.92 Å². The topological polar surface area (TPSA) is 37.3 Å². The van der Waals surface area contributed by atoms with E-state index < -0.39 is 11.9 Å². The minimum atomic E-state index is -0.774. The number of rotatable bonds is 5. The highest BCUT2D eigenvalue weighted by Crippen LogP contribution is 2.33. The van der Waals surface area contributed by atoms with Crippen LogP contribution in [0.2, 0.25) is 0 Å². The monoisotopic (exact) mass is 282 g/mol. The van der Waals surface area contributed by atoms with Crippen LogP contribution in [0.5, 0.6) is 0 Å². The van der Waals surface area contributed by atoms with Crippen LogP contribution in [-0.2, 0) is 4.79 Å². The van der Waals surface area contributed by atoms with Crippen molar-refractivity contribution in [1.29, 1.82) is 0 Å². The van der Waals surface area contributed by atoms with E-state index in [4.69, 9.17) is 0 Å². The molecule has 2 heteroatoms. The van der Waals surface area contributed by atoms with Crippen LogP contribution in [0.15, 0.2) is 54.6 Å². The smallest absolute Gasteiger partial charge is 0.311 e. The van der Waals surface area contributed by atoms with E-state index in [0.717, 1.165) is 11.1 Å². The number of carboxylic acid groups (broad SMARTS) is 1. The van der Waals surface area contributed by atoms with Crippen molar-refractivity contribution in [2.45, 2.75) is 38.5 Å². The van der Waals surface area contributed by atoms with Gasteiger partial charge in [0.2, 0.25) is 0 Å². The molecule has 0 amide bonds. The summed E-state index contributed by atoms with van der Waals surface area (Å²) in [6, 6.07) is 17.8. The first-order chi connectivity index (χ1) is 10.0. The molecule has 2 nitrogen and oxygen atoms in total. The largest absolute Gasteiger partial charge is 0.481 e. The van der Waals surface area contributed by atoms with E-state index in [-0.39, 0.29) is 5.92 Å². The number of hydrogen-bond acceptors (Lipinski definition) is 1. The maximum atomic E-state index is 11.7. The Morgan fingerprint density at radius 1 is 0.810 bits per heavy atom. The first kappa shape index (κ1) is 15.3. The molecule has 0 spiro atoms. The van der Waals surface area contributed by atoms with E-state index in [1.807, 2.05) is 61.5 Å². The van der Waals surface area contributed by atoms with Gasteiger partial charge in [-0.2, -0.15) is 0 Å². The molecule has 0 aliphatic carbocycles. The van der Waals surface area contributed by atoms with E-state index in [9.17, 15) is 9.90 Å². The molecule has 1 N–H and O–H groups in total. The molecule has 2 aromatic rings. The summed E-state index contributed by atoms with van der Waals surface area (Å²) >= 11 is 0. The molecule has 2 rings (SSSR count). The molecule has 0 radical (unpaired) electrons. The number of aliphatic carboxylic acids is 1. The van der Waals surface area contributed by atoms with Gasteiger partial charge in [-0.15, -0.1) is 0 Å². The highest BCUT2D eigenvalue weighted by atomic mass is 16.4. The zero-order chi connectivity index (χ0) is 15.4. The zero-order valence-corrected chi connectivity index (χ0v) is 12.8. The number of benzene rings is 2. The minimum Gasteiger partial charge on any atom is -0.481 e. The Hall–Kier alpha value is -2.09. The molecule has 0 fully saturated rings. The number of hydrogen-bond donors (Lipinski definition) is 1. The van der Waals surface area contributed by atoms with Crippen LogP contribution in [0.3, 0.4) is 0 Å². The predicted molar refractivity (Wildman–Crippen MR) is 85.8 cm³/mol. The lowest BCUT2D eigenvalue weighted by Crippen LogP contribution is -2.18. The van der Waals surface area contributed by atoms with Gasteiger partial charge in [-0.3, -0.25) is 4.79 Å². The van der Waals surface area contributed by atoms with Crippen LogP contribution in [0, 0.1) is 0 Å². The van der Waals surface area contributed by atoms with Crippen molar-refractivity contribution in [3.05, 3.63) is 71.3 Å². The van der Waals surface area contributed by atoms with E-state index >= 15 is 0 Å². The SMILES string of the molecule is CC(C)c1ccc(C(C(=O)O)C(C)c2ccccc2)cc1. The van der Waals surface area contributed by atoms with Crippen LogP contribution < -0.4 is 0 Å². The summed E-state index contributed by atoms with van der Waals surface area (Å²) in [6.45, 7) is 6.25. The fourth-order valence-electron chi connectivity index (χ4n) is 2.68. The van der Waals surface area contributed by atoms with Gasteiger partial charge < -0.3 is 5.11 Å². The quantitative estimate of drug-likeness (QED) is 0.856. The summed E-state index contributed by atoms with van der Waals surface area (Å²) in [6.07, 6.45) is 0. The van der Waals surface area contributed by atoms with E-state index in [1.165, 1.54) is 5.56 Å². The molecule has 110 valence electrons. The highest BCUT2D eigenvalue weighted by molar-refractivity contribution is 5.77. The van der Waals surface area contributed by atoms with Crippen LogP contribution >= 0.6 is 0 Å². The third kappa shape index (κ3) is 3.52. The van der Waals surface area contributed by atoms with Crippen molar-refractivity contribution >= 4 is 5.97 Å². The Balaban J connectivity index is 2.33. The Morgan fingerprint density at radius 2 is 1.33 bits per heavy atom. The Labute approximate surface area is 126 Å². The number of carbonyl (C=O) groups is 1. The molecule has 0 saturated carbocycles. The summed E-state index contributed by atoms with van der Waals surface area (Å²) in [7, 11) is 0. The average Bonchev–Trinajstić information content (AvgIpc) is 2.48. The molecule has 2 unspecified atom stereocenters. The first-order valence-corrected chi connectivity index (χ1v) is 7.38. The predicted octanol–water partition coefficient (Wildman–Crippen LogP) is 4.78. The molecule has 2 atom stereocenters. The van der Waals surface area contributed by atoms with Gasteiger partial charge >= 0.3 is 5.97 Å². The minimum absolute atomic E-state index is 0.0615. The van der Waals surface area contributed by atoms with Crippen LogP contribution in [-0.4, -0.2) is 11.1 Å². The Bertz CT molecular complexity index is 585. The third-order valence-electron chi connectivity index (χ3n) is 4.05. The van der Waals surface area contributed by atoms with Gasteiger partial charge in [0.05, 0.1) is 5.92 Å². The zero-order valence-electron chi connectivity index (χ0n) is 12.8. The molecular weight excluding hydrogens is 260 g/mol. The van der Waals surface area contributed by atoms with Gasteiger partial charge in [-0.1, -0.05) is 75.4 Å². The molecule has 21 heavy (non-hydrogen) atoms. The fourth-order valence-corrected chi connectivity index (χ4v) is 2.68. The van der Waals surface area contributed by atoms with Crippen LogP contribution in [0.4, 0.5) is 0 Å². The lowest BCUT2D eigenvalue weighted by atomic mass is 9.82. The standard InChI is InChI=1S/C19H22O2/c1-13(2)15-9-11-17(12-10-15)18(19(20)21)14(3)16-7-5-4-6-8-16/h4-14,18H,1-3H3,(H,20,21). The fraction of sp³-hybridized carbons (Fsp3) is 0.316. The summed E-state index contributed by atoms with van der Waals surface area (Å²) < 4.78 is 0. The first-order valence-electron chi connectivity index (χ1n) is 7.38. The van der Waals surface area contributed by atoms with Crippen LogP contribution in [0.1, 0.15) is 55.2 Å². The molecule has 0 heterocycles. The molecular formula is C19H22O2. The van der Waals surface area contributed by atoms with Crippen molar-refractivity contribution < 1.29 is 9.90 Å². The van der Waals surface area contributed by atoms with Crippen LogP contribution in [0.25, 0.3) is 0 Å². The van der Waals surface area contributed by atoms with Gasteiger partial charge in [0.25, 0.3) is 0 Å². The molecule has 0 saturated heterocycles. The molecule has 0 aromatic heterocycles. The van der Waals surface area contributed by atoms with E-state index in [1.54, 1.807) is 0 Å². The normalized spacial score (nSPS) is 13.9. The van der Waals surface area contributed by atoms with Gasteiger partial charge in [-0.25, -0.2) is 0 Å². The summed E-state index contributed by atoms with van der Waals surface area (Å²) in [4.78, 5) is 11.7. The summed E-state index contributed by atoms with van der Waals surface area (Å²) in [5, 5.41) is 9.64. The summed E-state index contributed by atoms with van der Waals surface area (Å²) in [5.74, 6) is -0.903. The second-order valence-corrected chi connectivity index (χ2v) is 5.84. The Morgan fingerprint density at radius 3 is 1.81 bits per heavy atom. The van der Waals surface area contributed by atoms with E-state index in [2.05, 4.69) is 13.8 Å². The second kappa shape index (κ2) is 6.57. The van der Waals surface area contributed by atoms with Crippen molar-refractivity contribution in [2.75, 3.05) is 0 Å². The van der Waals surface area contributed by atoms with Crippen molar-refractivity contribution in [1.82, 2.24) is 0 Å². The lowest BCUT2D eigenvalue weighted by Gasteiger charge is -2.21. The van der Waals surface area contributed by atoms with Gasteiger partial charge in [0, 0.05) is 0 Å². The maximum absolute atomic E-state index is 11.7. The molecule has 0 bridgehead atoms. The third-order valence-corrected chi connectivity index (χ3v) is 4.05. The van der Waals surface area contributed by atoms with Crippen molar-refractivity contribution in [2.24, 2.45) is 0 Å². The molecule has 0 aliphatic rings. The van der Waals surface area contributed by atoms with Gasteiger partial charge in [0.15, 0.2) is 0 Å². The molecule has 0 aliphatic heterocycles. The van der Waals surface area contributed by atoms with Crippen molar-refractivity contribution in [3.8, 4) is 0 Å². The second-order valence-electron chi connectivity index (χ2n) is 5.84. The summed E-state index contributed by atoms with van der Waals surface area (Å²) in [5.41, 5.74) is 3.15. The average molecular weight is 282 g/mol. The van der Waals surface area contributed by atoms with Gasteiger partial charge in [-0.05, 0) is 28.5 Å². The van der Waals surface area contributed by atoms with Gasteiger partial charge in [0.1, 0.15) is 0 Å². The maximum Gasteiger partial charge on any atom is 0.311 e. The number of carboxylic acids is 1. The molecule has 2 aromatic carbocycles.